The number of ether oxygens (including phenoxy) is 1. The van der Waals surface area contributed by atoms with E-state index in [4.69, 9.17) is 4.74 Å². The van der Waals surface area contributed by atoms with Crippen molar-refractivity contribution in [1.82, 2.24) is 19.7 Å². The van der Waals surface area contributed by atoms with Gasteiger partial charge < -0.3 is 15.0 Å². The number of hydrogen-bond acceptors (Lipinski definition) is 6. The summed E-state index contributed by atoms with van der Waals surface area (Å²) < 4.78 is 36.2. The van der Waals surface area contributed by atoms with Crippen LogP contribution in [0.4, 0.5) is 26.1 Å². The van der Waals surface area contributed by atoms with E-state index in [1.54, 1.807) is 12.3 Å². The Labute approximate surface area is 189 Å². The van der Waals surface area contributed by atoms with Gasteiger partial charge in [-0.05, 0) is 42.0 Å². The summed E-state index contributed by atoms with van der Waals surface area (Å²) in [7, 11) is 0. The number of hydrogen-bond donors (Lipinski definition) is 1. The summed E-state index contributed by atoms with van der Waals surface area (Å²) in [5, 5.41) is 7.33. The number of nitrogens with zero attached hydrogens (tertiary/aromatic N) is 5. The van der Waals surface area contributed by atoms with E-state index in [-0.39, 0.29) is 11.6 Å². The molecule has 9 heteroatoms. The van der Waals surface area contributed by atoms with Crippen LogP contribution < -0.4 is 10.2 Å². The summed E-state index contributed by atoms with van der Waals surface area (Å²) in [6.45, 7) is 3.06. The Balaban J connectivity index is 1.40. The van der Waals surface area contributed by atoms with Crippen LogP contribution in [0.3, 0.4) is 0 Å². The summed E-state index contributed by atoms with van der Waals surface area (Å²) in [4.78, 5) is 10.4. The van der Waals surface area contributed by atoms with Crippen molar-refractivity contribution in [2.75, 3.05) is 36.5 Å². The van der Waals surface area contributed by atoms with Gasteiger partial charge in [-0.2, -0.15) is 5.10 Å². The molecule has 0 radical (unpaired) electrons. The highest BCUT2D eigenvalue weighted by Crippen LogP contribution is 2.28. The molecular formula is C24H22F2N6O. The molecule has 1 N–H and O–H groups in total. The highest BCUT2D eigenvalue weighted by atomic mass is 19.1. The van der Waals surface area contributed by atoms with Crippen molar-refractivity contribution >= 4 is 17.3 Å². The summed E-state index contributed by atoms with van der Waals surface area (Å²) in [6.07, 6.45) is 4.71. The Morgan fingerprint density at radius 2 is 1.91 bits per heavy atom. The third-order valence-electron chi connectivity index (χ3n) is 5.36. The second-order valence-electron chi connectivity index (χ2n) is 7.72. The number of nitrogens with one attached hydrogen (secondary N) is 1. The second kappa shape index (κ2) is 9.33. The fraction of sp³-hybridized carbons (Fsp3) is 0.208. The first-order chi connectivity index (χ1) is 16.1. The van der Waals surface area contributed by atoms with Gasteiger partial charge in [0.15, 0.2) is 5.82 Å². The molecule has 0 unspecified atom stereocenters. The lowest BCUT2D eigenvalue weighted by Gasteiger charge is -2.29. The summed E-state index contributed by atoms with van der Waals surface area (Å²) >= 11 is 0. The molecule has 7 nitrogen and oxygen atoms in total. The van der Waals surface area contributed by atoms with E-state index in [1.807, 2.05) is 46.1 Å². The van der Waals surface area contributed by atoms with Crippen LogP contribution in [0.2, 0.25) is 0 Å². The van der Waals surface area contributed by atoms with Crippen LogP contribution in [0.15, 0.2) is 67.1 Å². The lowest BCUT2D eigenvalue weighted by molar-refractivity contribution is 0.122. The minimum Gasteiger partial charge on any atom is -0.378 e. The van der Waals surface area contributed by atoms with Crippen LogP contribution in [0.25, 0.3) is 11.3 Å². The Hall–Kier alpha value is -3.85. The molecule has 1 fully saturated rings. The van der Waals surface area contributed by atoms with E-state index < -0.39 is 11.6 Å². The first-order valence-electron chi connectivity index (χ1n) is 10.6. The fourth-order valence-electron chi connectivity index (χ4n) is 3.80. The minimum absolute atomic E-state index is 0.0363. The van der Waals surface area contributed by atoms with Gasteiger partial charge in [0, 0.05) is 42.4 Å². The molecule has 0 bridgehead atoms. The predicted octanol–water partition coefficient (Wildman–Crippen LogP) is 4.25. The molecule has 1 aliphatic rings. The zero-order valence-corrected chi connectivity index (χ0v) is 17.8. The zero-order chi connectivity index (χ0) is 22.6. The van der Waals surface area contributed by atoms with E-state index in [0.29, 0.717) is 44.1 Å². The van der Waals surface area contributed by atoms with Gasteiger partial charge >= 0.3 is 0 Å². The van der Waals surface area contributed by atoms with Gasteiger partial charge in [-0.3, -0.25) is 4.68 Å². The van der Waals surface area contributed by atoms with Crippen molar-refractivity contribution in [3.63, 3.8) is 0 Å². The third kappa shape index (κ3) is 4.98. The molecule has 3 heterocycles. The van der Waals surface area contributed by atoms with Crippen LogP contribution >= 0.6 is 0 Å². The maximum absolute atomic E-state index is 14.7. The maximum Gasteiger partial charge on any atom is 0.227 e. The number of benzene rings is 2. The van der Waals surface area contributed by atoms with Gasteiger partial charge in [-0.1, -0.05) is 12.1 Å². The molecule has 1 saturated heterocycles. The largest absolute Gasteiger partial charge is 0.378 e. The molecule has 1 aliphatic heterocycles. The van der Waals surface area contributed by atoms with E-state index in [1.165, 1.54) is 12.1 Å². The van der Waals surface area contributed by atoms with Crippen LogP contribution in [-0.4, -0.2) is 46.1 Å². The Bertz CT molecular complexity index is 1240. The fourth-order valence-corrected chi connectivity index (χ4v) is 3.80. The Kier molecular flexibility index (Phi) is 5.95. The van der Waals surface area contributed by atoms with Crippen molar-refractivity contribution in [2.24, 2.45) is 0 Å². The van der Waals surface area contributed by atoms with E-state index in [0.717, 1.165) is 17.4 Å². The van der Waals surface area contributed by atoms with Crippen LogP contribution in [-0.2, 0) is 11.3 Å². The molecule has 5 rings (SSSR count). The van der Waals surface area contributed by atoms with E-state index >= 15 is 0 Å². The molecule has 0 saturated carbocycles. The number of anilines is 3. The molecule has 2 aromatic heterocycles. The Morgan fingerprint density at radius 3 is 2.73 bits per heavy atom. The molecular weight excluding hydrogens is 426 g/mol. The topological polar surface area (TPSA) is 68.1 Å². The zero-order valence-electron chi connectivity index (χ0n) is 17.8. The molecule has 0 aliphatic carbocycles. The number of aromatic nitrogens is 4. The Morgan fingerprint density at radius 1 is 1.03 bits per heavy atom. The van der Waals surface area contributed by atoms with Crippen LogP contribution in [0.5, 0.6) is 0 Å². The third-order valence-corrected chi connectivity index (χ3v) is 5.36. The maximum atomic E-state index is 14.7. The van der Waals surface area contributed by atoms with Gasteiger partial charge in [-0.15, -0.1) is 0 Å². The van der Waals surface area contributed by atoms with Crippen molar-refractivity contribution < 1.29 is 13.5 Å². The van der Waals surface area contributed by atoms with Gasteiger partial charge in [0.1, 0.15) is 11.5 Å². The van der Waals surface area contributed by atoms with Gasteiger partial charge in [-0.25, -0.2) is 18.7 Å². The van der Waals surface area contributed by atoms with Gasteiger partial charge in [0.2, 0.25) is 5.95 Å². The van der Waals surface area contributed by atoms with E-state index in [2.05, 4.69) is 20.4 Å². The highest BCUT2D eigenvalue weighted by Gasteiger charge is 2.16. The molecule has 2 aromatic carbocycles. The molecule has 33 heavy (non-hydrogen) atoms. The lowest BCUT2D eigenvalue weighted by atomic mass is 10.1. The average molecular weight is 448 g/mol. The molecule has 0 atom stereocenters. The number of morpholine rings is 1. The van der Waals surface area contributed by atoms with E-state index in [9.17, 15) is 8.78 Å². The van der Waals surface area contributed by atoms with Crippen molar-refractivity contribution in [3.05, 3.63) is 84.3 Å². The van der Waals surface area contributed by atoms with Crippen molar-refractivity contribution in [3.8, 4) is 11.3 Å². The normalized spacial score (nSPS) is 13.8. The molecule has 0 spiro atoms. The number of halogens is 2. The van der Waals surface area contributed by atoms with Gasteiger partial charge in [0.25, 0.3) is 0 Å². The quantitative estimate of drug-likeness (QED) is 0.476. The summed E-state index contributed by atoms with van der Waals surface area (Å²) in [5.74, 6) is -0.848. The SMILES string of the molecule is Fc1cc(-c2nc(Nc3cccc(Cn4cccn4)c3)ncc2F)cc(N2CCOCC2)c1. The smallest absolute Gasteiger partial charge is 0.227 e. The predicted molar refractivity (Wildman–Crippen MR) is 121 cm³/mol. The minimum atomic E-state index is -0.619. The molecule has 168 valence electrons. The van der Waals surface area contributed by atoms with Crippen molar-refractivity contribution in [1.29, 1.82) is 0 Å². The number of rotatable bonds is 6. The molecule has 0 amide bonds. The van der Waals surface area contributed by atoms with Crippen LogP contribution in [0.1, 0.15) is 5.56 Å². The van der Waals surface area contributed by atoms with Gasteiger partial charge in [0.05, 0.1) is 26.0 Å². The van der Waals surface area contributed by atoms with Crippen LogP contribution in [0, 0.1) is 11.6 Å². The summed E-state index contributed by atoms with van der Waals surface area (Å²) in [5.41, 5.74) is 2.85. The first kappa shape index (κ1) is 21.0. The second-order valence-corrected chi connectivity index (χ2v) is 7.72. The highest BCUT2D eigenvalue weighted by molar-refractivity contribution is 5.68. The molecule has 4 aromatic rings. The first-order valence-corrected chi connectivity index (χ1v) is 10.6. The summed E-state index contributed by atoms with van der Waals surface area (Å²) in [6, 6.07) is 14.1. The standard InChI is InChI=1S/C24H22F2N6O/c25-19-12-18(13-21(14-19)31-7-9-33-10-8-31)23-22(26)15-27-24(30-23)29-20-4-1-3-17(11-20)16-32-6-2-5-28-32/h1-6,11-15H,7-10,16H2,(H,27,29,30). The average Bonchev–Trinajstić information content (AvgIpc) is 3.34. The lowest BCUT2D eigenvalue weighted by Crippen LogP contribution is -2.36. The monoisotopic (exact) mass is 448 g/mol. The van der Waals surface area contributed by atoms with Crippen molar-refractivity contribution in [2.45, 2.75) is 6.54 Å².